The Bertz CT molecular complexity index is 596. The summed E-state index contributed by atoms with van der Waals surface area (Å²) in [6.45, 7) is 2.35. The summed E-state index contributed by atoms with van der Waals surface area (Å²) in [4.78, 5) is 4.47. The molecule has 0 saturated carbocycles. The van der Waals surface area contributed by atoms with Crippen molar-refractivity contribution < 1.29 is 9.47 Å². The van der Waals surface area contributed by atoms with Crippen LogP contribution in [-0.2, 0) is 6.42 Å². The van der Waals surface area contributed by atoms with E-state index < -0.39 is 0 Å². The van der Waals surface area contributed by atoms with E-state index in [9.17, 15) is 0 Å². The minimum atomic E-state index is 0.208. The molecule has 2 heterocycles. The second kappa shape index (κ2) is 5.51. The van der Waals surface area contributed by atoms with Gasteiger partial charge in [-0.2, -0.15) is 0 Å². The van der Waals surface area contributed by atoms with Crippen molar-refractivity contribution in [2.75, 3.05) is 13.8 Å². The molecule has 0 amide bonds. The van der Waals surface area contributed by atoms with Crippen molar-refractivity contribution in [3.63, 3.8) is 0 Å². The summed E-state index contributed by atoms with van der Waals surface area (Å²) in [5.41, 5.74) is 3.43. The van der Waals surface area contributed by atoms with Crippen LogP contribution in [0.1, 0.15) is 22.9 Å². The molecular formula is C16H18N2O2. The van der Waals surface area contributed by atoms with Gasteiger partial charge < -0.3 is 14.8 Å². The first kappa shape index (κ1) is 12.9. The monoisotopic (exact) mass is 270 g/mol. The van der Waals surface area contributed by atoms with Crippen molar-refractivity contribution in [1.29, 1.82) is 0 Å². The third kappa shape index (κ3) is 2.60. The fourth-order valence-corrected chi connectivity index (χ4v) is 2.34. The van der Waals surface area contributed by atoms with Gasteiger partial charge in [0.2, 0.25) is 6.79 Å². The number of rotatable bonds is 4. The highest BCUT2D eigenvalue weighted by atomic mass is 16.7. The molecule has 0 bridgehead atoms. The molecule has 1 aliphatic rings. The van der Waals surface area contributed by atoms with Gasteiger partial charge in [0.15, 0.2) is 11.5 Å². The number of nitrogens with one attached hydrogen (secondary N) is 1. The summed E-state index contributed by atoms with van der Waals surface area (Å²) in [5, 5.41) is 3.34. The number of ether oxygens (including phenoxy) is 2. The van der Waals surface area contributed by atoms with Crippen LogP contribution in [0.25, 0.3) is 0 Å². The normalized spacial score (nSPS) is 14.3. The number of nitrogens with zero attached hydrogens (tertiary/aromatic N) is 1. The van der Waals surface area contributed by atoms with Crippen LogP contribution in [0.2, 0.25) is 0 Å². The molecule has 0 saturated heterocycles. The Kier molecular flexibility index (Phi) is 3.56. The first-order valence-electron chi connectivity index (χ1n) is 6.74. The molecule has 4 nitrogen and oxygen atoms in total. The van der Waals surface area contributed by atoms with Gasteiger partial charge in [0.05, 0.1) is 0 Å². The first-order valence-corrected chi connectivity index (χ1v) is 6.74. The van der Waals surface area contributed by atoms with Crippen molar-refractivity contribution in [1.82, 2.24) is 10.3 Å². The predicted octanol–water partition coefficient (Wildman–Crippen LogP) is 2.62. The van der Waals surface area contributed by atoms with E-state index in [1.807, 2.05) is 32.3 Å². The molecule has 1 unspecified atom stereocenters. The van der Waals surface area contributed by atoms with E-state index in [0.29, 0.717) is 6.79 Å². The van der Waals surface area contributed by atoms with Crippen molar-refractivity contribution in [2.45, 2.75) is 19.4 Å². The minimum Gasteiger partial charge on any atom is -0.454 e. The van der Waals surface area contributed by atoms with Crippen molar-refractivity contribution in [3.8, 4) is 11.5 Å². The van der Waals surface area contributed by atoms with Crippen LogP contribution in [0.3, 0.4) is 0 Å². The van der Waals surface area contributed by atoms with Gasteiger partial charge in [0.1, 0.15) is 0 Å². The van der Waals surface area contributed by atoms with Gasteiger partial charge >= 0.3 is 0 Å². The van der Waals surface area contributed by atoms with Gasteiger partial charge in [-0.25, -0.2) is 0 Å². The molecule has 1 aromatic carbocycles. The largest absolute Gasteiger partial charge is 0.454 e. The maximum atomic E-state index is 5.43. The topological polar surface area (TPSA) is 43.4 Å². The Morgan fingerprint density at radius 2 is 2.05 bits per heavy atom. The molecule has 1 atom stereocenters. The smallest absolute Gasteiger partial charge is 0.231 e. The van der Waals surface area contributed by atoms with Crippen LogP contribution in [0, 0.1) is 6.92 Å². The molecule has 0 spiro atoms. The van der Waals surface area contributed by atoms with Crippen LogP contribution < -0.4 is 14.8 Å². The highest BCUT2D eigenvalue weighted by Crippen LogP contribution is 2.34. The lowest BCUT2D eigenvalue weighted by Crippen LogP contribution is -2.19. The van der Waals surface area contributed by atoms with Crippen LogP contribution in [0.4, 0.5) is 0 Å². The summed E-state index contributed by atoms with van der Waals surface area (Å²) in [7, 11) is 1.96. The number of hydrogen-bond acceptors (Lipinski definition) is 4. The number of fused-ring (bicyclic) bond motifs is 1. The fraction of sp³-hybridized carbons (Fsp3) is 0.312. The Morgan fingerprint density at radius 3 is 2.80 bits per heavy atom. The van der Waals surface area contributed by atoms with E-state index in [-0.39, 0.29) is 6.04 Å². The zero-order valence-corrected chi connectivity index (χ0v) is 11.7. The molecule has 104 valence electrons. The van der Waals surface area contributed by atoms with E-state index in [1.54, 1.807) is 0 Å². The van der Waals surface area contributed by atoms with Gasteiger partial charge in [-0.05, 0) is 43.3 Å². The third-order valence-corrected chi connectivity index (χ3v) is 3.53. The van der Waals surface area contributed by atoms with Gasteiger partial charge in [-0.3, -0.25) is 4.98 Å². The van der Waals surface area contributed by atoms with E-state index >= 15 is 0 Å². The van der Waals surface area contributed by atoms with Crippen molar-refractivity contribution in [3.05, 3.63) is 53.3 Å². The average molecular weight is 270 g/mol. The molecule has 2 aromatic rings. The lowest BCUT2D eigenvalue weighted by atomic mass is 10.0. The molecule has 3 rings (SSSR count). The highest BCUT2D eigenvalue weighted by molar-refractivity contribution is 5.45. The zero-order chi connectivity index (χ0) is 13.9. The Morgan fingerprint density at radius 1 is 1.20 bits per heavy atom. The number of pyridine rings is 1. The van der Waals surface area contributed by atoms with Crippen molar-refractivity contribution >= 4 is 0 Å². The Hall–Kier alpha value is -2.07. The highest BCUT2D eigenvalue weighted by Gasteiger charge is 2.17. The third-order valence-electron chi connectivity index (χ3n) is 3.53. The number of likely N-dealkylation sites (N-methyl/N-ethyl adjacent to an activating group) is 1. The fourth-order valence-electron chi connectivity index (χ4n) is 2.34. The SMILES string of the molecule is CNC(Cc1ccc(C)cn1)c1ccc2c(c1)OCO2. The second-order valence-corrected chi connectivity index (χ2v) is 4.98. The van der Waals surface area contributed by atoms with Crippen molar-refractivity contribution in [2.24, 2.45) is 0 Å². The maximum absolute atomic E-state index is 5.43. The van der Waals surface area contributed by atoms with E-state index in [0.717, 1.165) is 23.6 Å². The standard InChI is InChI=1S/C16H18N2O2/c1-11-3-5-13(18-9-11)8-14(17-2)12-4-6-15-16(7-12)20-10-19-15/h3-7,9,14,17H,8,10H2,1-2H3. The summed E-state index contributed by atoms with van der Waals surface area (Å²) in [6.07, 6.45) is 2.75. The molecule has 1 aromatic heterocycles. The number of aromatic nitrogens is 1. The zero-order valence-electron chi connectivity index (χ0n) is 11.7. The molecule has 4 heteroatoms. The summed E-state index contributed by atoms with van der Waals surface area (Å²) >= 11 is 0. The first-order chi connectivity index (χ1) is 9.76. The molecule has 0 radical (unpaired) electrons. The molecule has 1 N–H and O–H groups in total. The Labute approximate surface area is 118 Å². The lowest BCUT2D eigenvalue weighted by Gasteiger charge is -2.16. The molecule has 0 aliphatic carbocycles. The van der Waals surface area contributed by atoms with Crippen LogP contribution >= 0.6 is 0 Å². The summed E-state index contributed by atoms with van der Waals surface area (Å²) in [6, 6.07) is 10.5. The van der Waals surface area contributed by atoms with Gasteiger partial charge in [0.25, 0.3) is 0 Å². The maximum Gasteiger partial charge on any atom is 0.231 e. The molecular weight excluding hydrogens is 252 g/mol. The number of hydrogen-bond donors (Lipinski definition) is 1. The molecule has 20 heavy (non-hydrogen) atoms. The molecule has 0 fully saturated rings. The summed E-state index contributed by atoms with van der Waals surface area (Å²) < 4.78 is 10.8. The predicted molar refractivity (Wildman–Crippen MR) is 77.0 cm³/mol. The second-order valence-electron chi connectivity index (χ2n) is 4.98. The minimum absolute atomic E-state index is 0.208. The quantitative estimate of drug-likeness (QED) is 0.927. The summed E-state index contributed by atoms with van der Waals surface area (Å²) in [5.74, 6) is 1.64. The average Bonchev–Trinajstić information content (AvgIpc) is 2.94. The number of benzene rings is 1. The van der Waals surface area contributed by atoms with Crippen LogP contribution in [-0.4, -0.2) is 18.8 Å². The van der Waals surface area contributed by atoms with E-state index in [4.69, 9.17) is 9.47 Å². The van der Waals surface area contributed by atoms with Gasteiger partial charge in [-0.15, -0.1) is 0 Å². The van der Waals surface area contributed by atoms with E-state index in [1.165, 1.54) is 11.1 Å². The van der Waals surface area contributed by atoms with Gasteiger partial charge in [-0.1, -0.05) is 12.1 Å². The van der Waals surface area contributed by atoms with E-state index in [2.05, 4.69) is 28.5 Å². The van der Waals surface area contributed by atoms with Crippen LogP contribution in [0.5, 0.6) is 11.5 Å². The lowest BCUT2D eigenvalue weighted by molar-refractivity contribution is 0.174. The Balaban J connectivity index is 1.81. The number of aryl methyl sites for hydroxylation is 1. The van der Waals surface area contributed by atoms with Gasteiger partial charge in [0, 0.05) is 24.4 Å². The van der Waals surface area contributed by atoms with Crippen LogP contribution in [0.15, 0.2) is 36.5 Å². The molecule has 1 aliphatic heterocycles.